The van der Waals surface area contributed by atoms with E-state index in [2.05, 4.69) is 10.7 Å². The molecular formula is AlClO7S2. The Balaban J connectivity index is -0.000000107. The van der Waals surface area contributed by atoms with Crippen LogP contribution in [0.4, 0.5) is 0 Å². The first-order valence-corrected chi connectivity index (χ1v) is 4.89. The van der Waals surface area contributed by atoms with Crippen molar-refractivity contribution in [2.24, 2.45) is 0 Å². The molecule has 0 spiro atoms. The second-order valence-corrected chi connectivity index (χ2v) is 3.54. The fourth-order valence-electron chi connectivity index (χ4n) is 0. The molecule has 0 unspecified atom stereocenters. The number of halogens is 1. The van der Waals surface area contributed by atoms with Crippen LogP contribution in [-0.4, -0.2) is 47.9 Å². The summed E-state index contributed by atoms with van der Waals surface area (Å²) in [6.45, 7) is 0. The van der Waals surface area contributed by atoms with Crippen molar-refractivity contribution in [1.82, 2.24) is 0 Å². The van der Waals surface area contributed by atoms with Gasteiger partial charge in [-0.15, -0.1) is 0 Å². The van der Waals surface area contributed by atoms with Crippen LogP contribution in [-0.2, 0) is 19.7 Å². The van der Waals surface area contributed by atoms with Crippen molar-refractivity contribution in [3.63, 3.8) is 0 Å². The van der Waals surface area contributed by atoms with Crippen molar-refractivity contribution in [3.8, 4) is 0 Å². The molecule has 64 valence electrons. The van der Waals surface area contributed by atoms with Crippen LogP contribution >= 0.6 is 10.7 Å². The molecule has 0 amide bonds. The Labute approximate surface area is 78.3 Å². The Morgan fingerprint density at radius 3 is 0.909 bits per heavy atom. The molecule has 0 N–H and O–H groups in total. The molecule has 0 aromatic heterocycles. The minimum atomic E-state index is -5.17. The van der Waals surface area contributed by atoms with Crippen LogP contribution in [0.2, 0.25) is 0 Å². The molecule has 0 aliphatic carbocycles. The van der Waals surface area contributed by atoms with Crippen LogP contribution in [0.15, 0.2) is 0 Å². The summed E-state index contributed by atoms with van der Waals surface area (Å²) >= 11 is 0. The van der Waals surface area contributed by atoms with Gasteiger partial charge in [-0.3, -0.25) is 8.42 Å². The molecule has 0 heterocycles. The van der Waals surface area contributed by atoms with Crippen molar-refractivity contribution in [1.29, 1.82) is 0 Å². The van der Waals surface area contributed by atoms with E-state index in [1.165, 1.54) is 0 Å². The second kappa shape index (κ2) is 6.16. The average molecular weight is 239 g/mol. The minimum absolute atomic E-state index is 0. The quantitative estimate of drug-likeness (QED) is 0.205. The molecule has 0 aromatic rings. The van der Waals surface area contributed by atoms with Gasteiger partial charge >= 0.3 is 17.4 Å². The van der Waals surface area contributed by atoms with E-state index >= 15 is 0 Å². The Morgan fingerprint density at radius 1 is 0.909 bits per heavy atom. The SMILES string of the molecule is O=S(=O)([O-])Cl.O=S(=O)([O-])[O-].[Al+3]. The summed E-state index contributed by atoms with van der Waals surface area (Å²) in [5, 5.41) is 0. The minimum Gasteiger partial charge on any atom is -0.759 e. The molecule has 11 heavy (non-hydrogen) atoms. The van der Waals surface area contributed by atoms with E-state index in [1.54, 1.807) is 0 Å². The molecule has 0 rings (SSSR count). The van der Waals surface area contributed by atoms with Crippen LogP contribution < -0.4 is 0 Å². The Kier molecular flexibility index (Phi) is 9.86. The molecule has 0 saturated carbocycles. The predicted molar refractivity (Wildman–Crippen MR) is 31.8 cm³/mol. The number of hydrogen-bond donors (Lipinski definition) is 0. The monoisotopic (exact) mass is 238 g/mol. The van der Waals surface area contributed by atoms with Gasteiger partial charge in [0.25, 0.3) is 0 Å². The van der Waals surface area contributed by atoms with E-state index in [-0.39, 0.29) is 17.4 Å². The number of rotatable bonds is 0. The summed E-state index contributed by atoms with van der Waals surface area (Å²) in [7, 11) is -5.66. The van der Waals surface area contributed by atoms with Crippen LogP contribution in [0.1, 0.15) is 0 Å². The second-order valence-electron chi connectivity index (χ2n) is 0.801. The normalized spacial score (nSPS) is 10.5. The summed E-state index contributed by atoms with van der Waals surface area (Å²) < 4.78 is 60.6. The third kappa shape index (κ3) is 2160. The molecule has 0 radical (unpaired) electrons. The average Bonchev–Trinajstić information content (AvgIpc) is 1.12. The zero-order chi connectivity index (χ0) is 9.00. The summed E-state index contributed by atoms with van der Waals surface area (Å²) in [5.74, 6) is 0. The van der Waals surface area contributed by atoms with Gasteiger partial charge in [0.2, 0.25) is 0 Å². The first kappa shape index (κ1) is 17.6. The largest absolute Gasteiger partial charge is 3.00 e. The smallest absolute Gasteiger partial charge is 0.759 e. The third-order valence-electron chi connectivity index (χ3n) is 0. The molecule has 7 nitrogen and oxygen atoms in total. The molecule has 11 heteroatoms. The summed E-state index contributed by atoms with van der Waals surface area (Å²) in [6, 6.07) is 0. The third-order valence-corrected chi connectivity index (χ3v) is 0. The number of hydrogen-bond acceptors (Lipinski definition) is 7. The van der Waals surface area contributed by atoms with Crippen LogP contribution in [0, 0.1) is 0 Å². The summed E-state index contributed by atoms with van der Waals surface area (Å²) in [4.78, 5) is 0. The fraction of sp³-hybridized carbons (Fsp3) is 0. The van der Waals surface area contributed by atoms with Gasteiger partial charge in [0.15, 0.2) is 9.33 Å². The van der Waals surface area contributed by atoms with Crippen LogP contribution in [0.25, 0.3) is 0 Å². The zero-order valence-electron chi connectivity index (χ0n) is 4.63. The van der Waals surface area contributed by atoms with Crippen LogP contribution in [0.3, 0.4) is 0 Å². The van der Waals surface area contributed by atoms with Gasteiger partial charge < -0.3 is 13.7 Å². The van der Waals surface area contributed by atoms with E-state index in [9.17, 15) is 0 Å². The van der Waals surface area contributed by atoms with E-state index in [4.69, 9.17) is 30.5 Å². The predicted octanol–water partition coefficient (Wildman–Crippen LogP) is -2.03. The molecule has 0 atom stereocenters. The first-order valence-electron chi connectivity index (χ1n) is 1.32. The van der Waals surface area contributed by atoms with E-state index in [1.807, 2.05) is 0 Å². The van der Waals surface area contributed by atoms with Crippen molar-refractivity contribution < 1.29 is 30.5 Å². The van der Waals surface area contributed by atoms with Crippen molar-refractivity contribution in [2.45, 2.75) is 0 Å². The topological polar surface area (TPSA) is 137 Å². The maximum absolute atomic E-state index is 8.84. The fourth-order valence-corrected chi connectivity index (χ4v) is 0. The molecule has 0 bridgehead atoms. The van der Waals surface area contributed by atoms with Gasteiger partial charge in [-0.1, -0.05) is 0 Å². The van der Waals surface area contributed by atoms with Crippen molar-refractivity contribution in [3.05, 3.63) is 0 Å². The maximum atomic E-state index is 8.84. The van der Waals surface area contributed by atoms with E-state index in [0.29, 0.717) is 0 Å². The molecule has 0 aliphatic heterocycles. The molecule has 0 aromatic carbocycles. The van der Waals surface area contributed by atoms with Gasteiger partial charge in [-0.2, -0.15) is 0 Å². The van der Waals surface area contributed by atoms with E-state index < -0.39 is 19.7 Å². The molecule has 0 aliphatic rings. The Morgan fingerprint density at radius 2 is 0.909 bits per heavy atom. The Hall–Kier alpha value is 0.602. The standard InChI is InChI=1S/Al.ClHO3S.H2O4S/c;2*1-5(2,3)4/h;(H,2,3,4);(H2,1,2,3,4)/q+3;;/p-3. The first-order chi connectivity index (χ1) is 4.00. The summed E-state index contributed by atoms with van der Waals surface area (Å²) in [5.41, 5.74) is 0. The molecule has 0 saturated heterocycles. The molecular weight excluding hydrogens is 239 g/mol. The van der Waals surface area contributed by atoms with Crippen LogP contribution in [0.5, 0.6) is 0 Å². The maximum Gasteiger partial charge on any atom is 3.00 e. The van der Waals surface area contributed by atoms with Gasteiger partial charge in [-0.25, -0.2) is 8.42 Å². The Bertz CT molecular complexity index is 213. The molecule has 0 fully saturated rings. The van der Waals surface area contributed by atoms with Gasteiger partial charge in [0.05, 0.1) is 0 Å². The van der Waals surface area contributed by atoms with Crippen molar-refractivity contribution in [2.75, 3.05) is 0 Å². The van der Waals surface area contributed by atoms with Crippen molar-refractivity contribution >= 4 is 47.8 Å². The summed E-state index contributed by atoms with van der Waals surface area (Å²) in [6.07, 6.45) is 0. The van der Waals surface area contributed by atoms with Gasteiger partial charge in [0.1, 0.15) is 0 Å². The van der Waals surface area contributed by atoms with Gasteiger partial charge in [-0.05, 0) is 0 Å². The van der Waals surface area contributed by atoms with Gasteiger partial charge in [0, 0.05) is 21.1 Å². The zero-order valence-corrected chi connectivity index (χ0v) is 8.17. The van der Waals surface area contributed by atoms with E-state index in [0.717, 1.165) is 0 Å².